The summed E-state index contributed by atoms with van der Waals surface area (Å²) in [6.07, 6.45) is 1.62. The number of rotatable bonds is 7. The van der Waals surface area contributed by atoms with Crippen LogP contribution in [0.25, 0.3) is 10.2 Å². The van der Waals surface area contributed by atoms with E-state index in [1.807, 2.05) is 0 Å². The van der Waals surface area contributed by atoms with Gasteiger partial charge in [0.1, 0.15) is 18.1 Å². The SMILES string of the molecule is C=CCOc1cccc(C2C(C(=O)c3ccc(C)o3)=C(O)C(=O)N2c2nc3ccc(Cl)cc3s2)c1. The second-order valence-corrected chi connectivity index (χ2v) is 9.31. The highest BCUT2D eigenvalue weighted by molar-refractivity contribution is 7.22. The highest BCUT2D eigenvalue weighted by Crippen LogP contribution is 2.45. The topological polar surface area (TPSA) is 92.9 Å². The van der Waals surface area contributed by atoms with Crippen molar-refractivity contribution < 1.29 is 23.8 Å². The van der Waals surface area contributed by atoms with Crippen LogP contribution in [0.4, 0.5) is 5.13 Å². The van der Waals surface area contributed by atoms with Gasteiger partial charge in [-0.1, -0.05) is 47.7 Å². The number of hydrogen-bond donors (Lipinski definition) is 1. The molecule has 35 heavy (non-hydrogen) atoms. The fourth-order valence-electron chi connectivity index (χ4n) is 3.96. The van der Waals surface area contributed by atoms with Gasteiger partial charge in [0.25, 0.3) is 5.91 Å². The van der Waals surface area contributed by atoms with Gasteiger partial charge in [0.2, 0.25) is 5.78 Å². The van der Waals surface area contributed by atoms with Gasteiger partial charge in [-0.3, -0.25) is 14.5 Å². The fourth-order valence-corrected chi connectivity index (χ4v) is 5.23. The standard InChI is InChI=1S/C26H19ClN2O5S/c1-3-11-33-17-6-4-5-15(12-17)22-21(23(30)19-10-7-14(2)34-19)24(31)25(32)29(22)26-28-18-9-8-16(27)13-20(18)35-26/h3-10,12-13,22,31H,1,11H2,2H3. The number of benzene rings is 2. The lowest BCUT2D eigenvalue weighted by Gasteiger charge is -2.24. The summed E-state index contributed by atoms with van der Waals surface area (Å²) in [6.45, 7) is 5.65. The van der Waals surface area contributed by atoms with Gasteiger partial charge in [-0.2, -0.15) is 0 Å². The Hall–Kier alpha value is -3.88. The largest absolute Gasteiger partial charge is 0.503 e. The van der Waals surface area contributed by atoms with Gasteiger partial charge >= 0.3 is 0 Å². The number of aryl methyl sites for hydroxylation is 1. The number of aliphatic hydroxyl groups is 1. The lowest BCUT2D eigenvalue weighted by Crippen LogP contribution is -2.31. The lowest BCUT2D eigenvalue weighted by molar-refractivity contribution is -0.117. The van der Waals surface area contributed by atoms with E-state index in [4.69, 9.17) is 20.8 Å². The molecule has 1 unspecified atom stereocenters. The van der Waals surface area contributed by atoms with Gasteiger partial charge in [0.15, 0.2) is 16.7 Å². The Bertz CT molecular complexity index is 1520. The molecular formula is C26H19ClN2O5S. The maximum atomic E-state index is 13.5. The molecule has 1 amide bonds. The number of nitrogens with zero attached hydrogens (tertiary/aromatic N) is 2. The van der Waals surface area contributed by atoms with E-state index >= 15 is 0 Å². The van der Waals surface area contributed by atoms with Gasteiger partial charge in [0, 0.05) is 5.02 Å². The van der Waals surface area contributed by atoms with Crippen molar-refractivity contribution in [2.24, 2.45) is 0 Å². The summed E-state index contributed by atoms with van der Waals surface area (Å²) in [7, 11) is 0. The Morgan fingerprint density at radius 1 is 1.29 bits per heavy atom. The Morgan fingerprint density at radius 3 is 2.86 bits per heavy atom. The normalized spacial score (nSPS) is 15.8. The molecule has 0 saturated heterocycles. The molecule has 9 heteroatoms. The molecule has 4 aromatic rings. The Balaban J connectivity index is 1.66. The number of Topliss-reactive ketones (excluding diaryl/α,β-unsaturated/α-hetero) is 1. The van der Waals surface area contributed by atoms with Crippen LogP contribution >= 0.6 is 22.9 Å². The van der Waals surface area contributed by atoms with Crippen molar-refractivity contribution in [3.05, 3.63) is 101 Å². The van der Waals surface area contributed by atoms with E-state index < -0.39 is 23.5 Å². The first-order chi connectivity index (χ1) is 16.9. The van der Waals surface area contributed by atoms with E-state index in [-0.39, 0.29) is 17.9 Å². The Morgan fingerprint density at radius 2 is 2.11 bits per heavy atom. The molecule has 5 rings (SSSR count). The van der Waals surface area contributed by atoms with Crippen LogP contribution in [-0.4, -0.2) is 28.4 Å². The maximum Gasteiger partial charge on any atom is 0.296 e. The van der Waals surface area contributed by atoms with Gasteiger partial charge in [-0.25, -0.2) is 4.98 Å². The molecule has 2 aromatic heterocycles. The van der Waals surface area contributed by atoms with E-state index in [9.17, 15) is 14.7 Å². The average molecular weight is 507 g/mol. The highest BCUT2D eigenvalue weighted by Gasteiger charge is 2.46. The van der Waals surface area contributed by atoms with Crippen molar-refractivity contribution in [3.63, 3.8) is 0 Å². The number of ether oxygens (including phenoxy) is 1. The molecular weight excluding hydrogens is 488 g/mol. The summed E-state index contributed by atoms with van der Waals surface area (Å²) >= 11 is 7.37. The van der Waals surface area contributed by atoms with Crippen LogP contribution in [0.5, 0.6) is 5.75 Å². The highest BCUT2D eigenvalue weighted by atomic mass is 35.5. The lowest BCUT2D eigenvalue weighted by atomic mass is 9.95. The first kappa shape index (κ1) is 22.9. The van der Waals surface area contributed by atoms with Crippen molar-refractivity contribution >= 4 is 50.0 Å². The number of fused-ring (bicyclic) bond motifs is 1. The molecule has 1 aliphatic heterocycles. The van der Waals surface area contributed by atoms with Crippen LogP contribution in [0.15, 0.2) is 83.0 Å². The molecule has 1 aliphatic rings. The summed E-state index contributed by atoms with van der Waals surface area (Å²) in [5.74, 6) is -0.878. The molecule has 1 atom stereocenters. The predicted octanol–water partition coefficient (Wildman–Crippen LogP) is 6.20. The van der Waals surface area contributed by atoms with Crippen molar-refractivity contribution in [1.29, 1.82) is 0 Å². The molecule has 0 radical (unpaired) electrons. The van der Waals surface area contributed by atoms with Crippen LogP contribution in [-0.2, 0) is 4.79 Å². The van der Waals surface area contributed by atoms with Crippen molar-refractivity contribution in [3.8, 4) is 5.75 Å². The minimum atomic E-state index is -0.955. The molecule has 176 valence electrons. The van der Waals surface area contributed by atoms with Crippen molar-refractivity contribution in [2.45, 2.75) is 13.0 Å². The zero-order valence-electron chi connectivity index (χ0n) is 18.5. The zero-order valence-corrected chi connectivity index (χ0v) is 20.1. The number of aliphatic hydroxyl groups excluding tert-OH is 1. The Kier molecular flexibility index (Phi) is 5.92. The molecule has 0 bridgehead atoms. The zero-order chi connectivity index (χ0) is 24.7. The van der Waals surface area contributed by atoms with E-state index in [0.29, 0.717) is 32.7 Å². The van der Waals surface area contributed by atoms with Crippen LogP contribution < -0.4 is 9.64 Å². The number of furan rings is 1. The number of amides is 1. The van der Waals surface area contributed by atoms with E-state index in [1.54, 1.807) is 61.5 Å². The van der Waals surface area contributed by atoms with Gasteiger partial charge in [-0.05, 0) is 55.0 Å². The molecule has 3 heterocycles. The number of thiazole rings is 1. The smallest absolute Gasteiger partial charge is 0.296 e. The number of hydrogen-bond acceptors (Lipinski definition) is 7. The minimum Gasteiger partial charge on any atom is -0.503 e. The molecule has 0 aliphatic carbocycles. The molecule has 2 aromatic carbocycles. The first-order valence-corrected chi connectivity index (χ1v) is 11.8. The third-order valence-electron chi connectivity index (χ3n) is 5.50. The van der Waals surface area contributed by atoms with Gasteiger partial charge < -0.3 is 14.3 Å². The molecule has 0 fully saturated rings. The number of aromatic nitrogens is 1. The minimum absolute atomic E-state index is 0.0267. The van der Waals surface area contributed by atoms with E-state index in [1.165, 1.54) is 22.3 Å². The Labute approximate surface area is 209 Å². The molecule has 0 saturated carbocycles. The number of ketones is 1. The predicted molar refractivity (Wildman–Crippen MR) is 134 cm³/mol. The quantitative estimate of drug-likeness (QED) is 0.237. The van der Waals surface area contributed by atoms with Crippen LogP contribution in [0.3, 0.4) is 0 Å². The maximum absolute atomic E-state index is 13.5. The number of halogens is 1. The monoisotopic (exact) mass is 506 g/mol. The summed E-state index contributed by atoms with van der Waals surface area (Å²) in [5, 5.41) is 11.8. The first-order valence-electron chi connectivity index (χ1n) is 10.6. The van der Waals surface area contributed by atoms with Crippen LogP contribution in [0, 0.1) is 6.92 Å². The van der Waals surface area contributed by atoms with Gasteiger partial charge in [-0.15, -0.1) is 0 Å². The average Bonchev–Trinajstić information content (AvgIpc) is 3.53. The third-order valence-corrected chi connectivity index (χ3v) is 6.76. The second-order valence-electron chi connectivity index (χ2n) is 7.86. The van der Waals surface area contributed by atoms with Crippen molar-refractivity contribution in [2.75, 3.05) is 11.5 Å². The van der Waals surface area contributed by atoms with E-state index in [0.717, 1.165) is 4.70 Å². The van der Waals surface area contributed by atoms with Gasteiger partial charge in [0.05, 0.1) is 21.8 Å². The van der Waals surface area contributed by atoms with Crippen LogP contribution in [0.2, 0.25) is 5.02 Å². The van der Waals surface area contributed by atoms with E-state index in [2.05, 4.69) is 11.6 Å². The molecule has 7 nitrogen and oxygen atoms in total. The summed E-state index contributed by atoms with van der Waals surface area (Å²) in [4.78, 5) is 32.8. The number of carbonyl (C=O) groups excluding carboxylic acids is 2. The summed E-state index contributed by atoms with van der Waals surface area (Å²) in [6, 6.07) is 14.4. The fraction of sp³-hybridized carbons (Fsp3) is 0.115. The second kappa shape index (κ2) is 9.05. The molecule has 0 spiro atoms. The van der Waals surface area contributed by atoms with Crippen LogP contribution in [0.1, 0.15) is 27.9 Å². The number of anilines is 1. The third kappa shape index (κ3) is 4.11. The summed E-state index contributed by atoms with van der Waals surface area (Å²) < 4.78 is 11.9. The number of carbonyl (C=O) groups is 2. The van der Waals surface area contributed by atoms with Crippen molar-refractivity contribution in [1.82, 2.24) is 4.98 Å². The summed E-state index contributed by atoms with van der Waals surface area (Å²) in [5.41, 5.74) is 1.11. The molecule has 1 N–H and O–H groups in total.